The number of nitrogens with zero attached hydrogens (tertiary/aromatic N) is 1. The fraction of sp³-hybridized carbons (Fsp3) is 0.357. The van der Waals surface area contributed by atoms with E-state index in [-0.39, 0.29) is 5.91 Å². The first-order chi connectivity index (χ1) is 8.70. The number of carbonyl (C=O) groups is 1. The SMILES string of the molecule is CCCOc1ccc2c(ccn2CCC(N)=O)c1. The van der Waals surface area contributed by atoms with Crippen LogP contribution in [0, 0.1) is 0 Å². The summed E-state index contributed by atoms with van der Waals surface area (Å²) in [7, 11) is 0. The molecule has 0 saturated heterocycles. The molecule has 0 aliphatic carbocycles. The van der Waals surface area contributed by atoms with Crippen molar-refractivity contribution in [1.82, 2.24) is 4.57 Å². The quantitative estimate of drug-likeness (QED) is 0.850. The number of amides is 1. The minimum absolute atomic E-state index is 0.278. The van der Waals surface area contributed by atoms with Crippen LogP contribution in [0.2, 0.25) is 0 Å². The van der Waals surface area contributed by atoms with Crippen molar-refractivity contribution in [1.29, 1.82) is 0 Å². The minimum atomic E-state index is -0.278. The zero-order valence-electron chi connectivity index (χ0n) is 10.6. The molecule has 4 heteroatoms. The molecular weight excluding hydrogens is 228 g/mol. The molecule has 0 spiro atoms. The van der Waals surface area contributed by atoms with Crippen molar-refractivity contribution in [2.24, 2.45) is 5.73 Å². The van der Waals surface area contributed by atoms with Crippen LogP contribution in [0.25, 0.3) is 10.9 Å². The molecule has 1 heterocycles. The molecule has 0 saturated carbocycles. The van der Waals surface area contributed by atoms with Gasteiger partial charge in [-0.1, -0.05) is 6.92 Å². The Morgan fingerprint density at radius 2 is 2.22 bits per heavy atom. The Labute approximate surface area is 106 Å². The van der Waals surface area contributed by atoms with Crippen molar-refractivity contribution in [3.63, 3.8) is 0 Å². The predicted octanol–water partition coefficient (Wildman–Crippen LogP) is 2.31. The van der Waals surface area contributed by atoms with Gasteiger partial charge in [-0.3, -0.25) is 4.79 Å². The number of aromatic nitrogens is 1. The third kappa shape index (κ3) is 2.83. The van der Waals surface area contributed by atoms with Gasteiger partial charge in [0, 0.05) is 30.1 Å². The number of carbonyl (C=O) groups excluding carboxylic acids is 1. The normalized spacial score (nSPS) is 10.7. The second-order valence-corrected chi connectivity index (χ2v) is 4.29. The van der Waals surface area contributed by atoms with Gasteiger partial charge >= 0.3 is 0 Å². The lowest BCUT2D eigenvalue weighted by Crippen LogP contribution is -2.13. The maximum Gasteiger partial charge on any atom is 0.219 e. The molecule has 96 valence electrons. The fourth-order valence-electron chi connectivity index (χ4n) is 1.91. The number of nitrogens with two attached hydrogens (primary N) is 1. The summed E-state index contributed by atoms with van der Waals surface area (Å²) in [6, 6.07) is 8.01. The molecule has 18 heavy (non-hydrogen) atoms. The highest BCUT2D eigenvalue weighted by molar-refractivity contribution is 5.82. The van der Waals surface area contributed by atoms with Gasteiger partial charge in [-0.2, -0.15) is 0 Å². The number of primary amides is 1. The number of hydrogen-bond donors (Lipinski definition) is 1. The number of rotatable bonds is 6. The van der Waals surface area contributed by atoms with E-state index in [9.17, 15) is 4.79 Å². The molecule has 1 amide bonds. The van der Waals surface area contributed by atoms with Crippen LogP contribution in [0.15, 0.2) is 30.5 Å². The predicted molar refractivity (Wildman–Crippen MR) is 71.5 cm³/mol. The van der Waals surface area contributed by atoms with Gasteiger partial charge in [0.25, 0.3) is 0 Å². The second kappa shape index (κ2) is 5.58. The van der Waals surface area contributed by atoms with Gasteiger partial charge in [-0.15, -0.1) is 0 Å². The van der Waals surface area contributed by atoms with E-state index in [0.717, 1.165) is 29.7 Å². The standard InChI is InChI=1S/C14H18N2O2/c1-2-9-18-12-3-4-13-11(10-12)5-7-16(13)8-6-14(15)17/h3-5,7,10H,2,6,8-9H2,1H3,(H2,15,17). The summed E-state index contributed by atoms with van der Waals surface area (Å²) in [5.74, 6) is 0.608. The van der Waals surface area contributed by atoms with E-state index in [4.69, 9.17) is 10.5 Å². The van der Waals surface area contributed by atoms with E-state index < -0.39 is 0 Å². The Bertz CT molecular complexity index is 546. The van der Waals surface area contributed by atoms with Crippen LogP contribution in [-0.4, -0.2) is 17.1 Å². The molecule has 1 aromatic heterocycles. The van der Waals surface area contributed by atoms with E-state index >= 15 is 0 Å². The largest absolute Gasteiger partial charge is 0.494 e. The molecule has 0 atom stereocenters. The minimum Gasteiger partial charge on any atom is -0.494 e. The lowest BCUT2D eigenvalue weighted by Gasteiger charge is -2.06. The lowest BCUT2D eigenvalue weighted by molar-refractivity contribution is -0.118. The van der Waals surface area contributed by atoms with Gasteiger partial charge in [0.2, 0.25) is 5.91 Å². The summed E-state index contributed by atoms with van der Waals surface area (Å²) >= 11 is 0. The molecule has 2 rings (SSSR count). The molecule has 0 unspecified atom stereocenters. The van der Waals surface area contributed by atoms with Crippen LogP contribution >= 0.6 is 0 Å². The molecule has 0 bridgehead atoms. The maximum atomic E-state index is 10.8. The van der Waals surface area contributed by atoms with Crippen LogP contribution in [0.3, 0.4) is 0 Å². The zero-order chi connectivity index (χ0) is 13.0. The number of aryl methyl sites for hydroxylation is 1. The number of fused-ring (bicyclic) bond motifs is 1. The van der Waals surface area contributed by atoms with Gasteiger partial charge in [0.15, 0.2) is 0 Å². The molecule has 0 aliphatic heterocycles. The highest BCUT2D eigenvalue weighted by atomic mass is 16.5. The number of hydrogen-bond acceptors (Lipinski definition) is 2. The summed E-state index contributed by atoms with van der Waals surface area (Å²) < 4.78 is 7.62. The zero-order valence-corrected chi connectivity index (χ0v) is 10.6. The highest BCUT2D eigenvalue weighted by Gasteiger charge is 2.04. The lowest BCUT2D eigenvalue weighted by atomic mass is 10.2. The third-order valence-electron chi connectivity index (χ3n) is 2.81. The molecule has 1 aromatic carbocycles. The average Bonchev–Trinajstić information content (AvgIpc) is 2.76. The van der Waals surface area contributed by atoms with E-state index in [0.29, 0.717) is 13.0 Å². The molecule has 0 radical (unpaired) electrons. The Morgan fingerprint density at radius 3 is 2.94 bits per heavy atom. The smallest absolute Gasteiger partial charge is 0.219 e. The van der Waals surface area contributed by atoms with Crippen molar-refractivity contribution in [2.45, 2.75) is 26.3 Å². The van der Waals surface area contributed by atoms with Crippen molar-refractivity contribution >= 4 is 16.8 Å². The van der Waals surface area contributed by atoms with Crippen molar-refractivity contribution < 1.29 is 9.53 Å². The molecule has 2 N–H and O–H groups in total. The molecule has 0 fully saturated rings. The van der Waals surface area contributed by atoms with Gasteiger partial charge in [-0.05, 0) is 30.7 Å². The molecular formula is C14H18N2O2. The first-order valence-electron chi connectivity index (χ1n) is 6.20. The molecule has 0 aliphatic rings. The van der Waals surface area contributed by atoms with Crippen LogP contribution in [-0.2, 0) is 11.3 Å². The first-order valence-corrected chi connectivity index (χ1v) is 6.20. The van der Waals surface area contributed by atoms with Crippen LogP contribution < -0.4 is 10.5 Å². The van der Waals surface area contributed by atoms with Crippen molar-refractivity contribution in [3.05, 3.63) is 30.5 Å². The van der Waals surface area contributed by atoms with Crippen LogP contribution in [0.1, 0.15) is 19.8 Å². The Kier molecular flexibility index (Phi) is 3.87. The molecule has 2 aromatic rings. The first kappa shape index (κ1) is 12.5. The second-order valence-electron chi connectivity index (χ2n) is 4.29. The van der Waals surface area contributed by atoms with Crippen LogP contribution in [0.4, 0.5) is 0 Å². The Balaban J connectivity index is 2.18. The van der Waals surface area contributed by atoms with Gasteiger partial charge in [-0.25, -0.2) is 0 Å². The van der Waals surface area contributed by atoms with E-state index in [2.05, 4.69) is 6.92 Å². The van der Waals surface area contributed by atoms with Crippen LogP contribution in [0.5, 0.6) is 5.75 Å². The van der Waals surface area contributed by atoms with E-state index in [1.54, 1.807) is 0 Å². The summed E-state index contributed by atoms with van der Waals surface area (Å²) in [5, 5.41) is 1.12. The summed E-state index contributed by atoms with van der Waals surface area (Å²) in [6.45, 7) is 3.43. The summed E-state index contributed by atoms with van der Waals surface area (Å²) in [5.41, 5.74) is 6.26. The molecule has 4 nitrogen and oxygen atoms in total. The highest BCUT2D eigenvalue weighted by Crippen LogP contribution is 2.22. The number of benzene rings is 1. The van der Waals surface area contributed by atoms with Gasteiger partial charge in [0.1, 0.15) is 5.75 Å². The fourth-order valence-corrected chi connectivity index (χ4v) is 1.91. The van der Waals surface area contributed by atoms with E-state index in [1.807, 2.05) is 35.0 Å². The topological polar surface area (TPSA) is 57.2 Å². The number of ether oxygens (including phenoxy) is 1. The van der Waals surface area contributed by atoms with Crippen molar-refractivity contribution in [3.8, 4) is 5.75 Å². The Morgan fingerprint density at radius 1 is 1.39 bits per heavy atom. The van der Waals surface area contributed by atoms with Crippen molar-refractivity contribution in [2.75, 3.05) is 6.61 Å². The van der Waals surface area contributed by atoms with Gasteiger partial charge in [0.05, 0.1) is 6.61 Å². The summed E-state index contributed by atoms with van der Waals surface area (Å²) in [4.78, 5) is 10.8. The third-order valence-corrected chi connectivity index (χ3v) is 2.81. The van der Waals surface area contributed by atoms with E-state index in [1.165, 1.54) is 0 Å². The average molecular weight is 246 g/mol. The monoisotopic (exact) mass is 246 g/mol. The summed E-state index contributed by atoms with van der Waals surface area (Å²) in [6.07, 6.45) is 3.33. The maximum absolute atomic E-state index is 10.8. The Hall–Kier alpha value is -1.97. The van der Waals surface area contributed by atoms with Gasteiger partial charge < -0.3 is 15.0 Å².